The highest BCUT2D eigenvalue weighted by Crippen LogP contribution is 2.67. The molecule has 2 unspecified atom stereocenters. The minimum atomic E-state index is 0.0967. The molecular formula is C58H103NO4. The van der Waals surface area contributed by atoms with Crippen LogP contribution < -0.4 is 0 Å². The summed E-state index contributed by atoms with van der Waals surface area (Å²) in [5, 5.41) is 0. The lowest BCUT2D eigenvalue weighted by Crippen LogP contribution is -2.51. The van der Waals surface area contributed by atoms with Crippen molar-refractivity contribution >= 4 is 0 Å². The number of rotatable bonds is 32. The first kappa shape index (κ1) is 53.0. The second kappa shape index (κ2) is 27.7. The van der Waals surface area contributed by atoms with Gasteiger partial charge in [-0.1, -0.05) is 149 Å². The standard InChI is InChI=1S/C58H103NO4/c1-9-10-11-12-13-14-15-16-17-18-19-20-21-22-23-24-38-61-45-51(44-59-37-36-56(5,6)46-59)63-42-40-60-39-41-62-50-32-34-57(7)49(43-50)28-29-52-54-31-30-53(48(4)27-25-26-47(2)3)58(54,8)35-33-55(52)57/h13-14,16-17,28,47-48,50-55H,9-12,15,18-27,29-46H2,1-8H3/b14-13-,17-16-/t48-,50+,51?,52+,53?,54+,55+,57+,58-/m1/s1. The normalized spacial score (nSPS) is 30.6. The molecule has 4 fully saturated rings. The van der Waals surface area contributed by atoms with Crippen molar-refractivity contribution < 1.29 is 18.9 Å². The lowest BCUT2D eigenvalue weighted by atomic mass is 9.47. The molecule has 0 aromatic rings. The number of unbranched alkanes of at least 4 members (excludes halogenated alkanes) is 9. The third kappa shape index (κ3) is 16.9. The van der Waals surface area contributed by atoms with Gasteiger partial charge in [-0.05, 0) is 155 Å². The molecule has 0 aromatic heterocycles. The van der Waals surface area contributed by atoms with Crippen LogP contribution in [0, 0.1) is 51.8 Å². The molecule has 1 heterocycles. The zero-order valence-electron chi connectivity index (χ0n) is 42.9. The first-order valence-electron chi connectivity index (χ1n) is 27.6. The van der Waals surface area contributed by atoms with Gasteiger partial charge in [0.15, 0.2) is 0 Å². The molecule has 0 amide bonds. The fraction of sp³-hybridized carbons (Fsp3) is 0.897. The largest absolute Gasteiger partial charge is 0.379 e. The molecule has 4 aliphatic carbocycles. The van der Waals surface area contributed by atoms with Crippen LogP contribution in [-0.4, -0.2) is 76.4 Å². The number of likely N-dealkylation sites (tertiary alicyclic amines) is 1. The maximum absolute atomic E-state index is 6.53. The monoisotopic (exact) mass is 878 g/mol. The first-order chi connectivity index (χ1) is 30.4. The van der Waals surface area contributed by atoms with E-state index in [0.29, 0.717) is 55.4 Å². The average Bonchev–Trinajstić information content (AvgIpc) is 3.79. The van der Waals surface area contributed by atoms with E-state index < -0.39 is 0 Å². The summed E-state index contributed by atoms with van der Waals surface area (Å²) < 4.78 is 25.3. The Balaban J connectivity index is 0.923. The van der Waals surface area contributed by atoms with Crippen molar-refractivity contribution in [1.29, 1.82) is 0 Å². The van der Waals surface area contributed by atoms with Crippen LogP contribution in [0.3, 0.4) is 0 Å². The Morgan fingerprint density at radius 2 is 1.46 bits per heavy atom. The molecule has 3 saturated carbocycles. The third-order valence-electron chi connectivity index (χ3n) is 17.4. The van der Waals surface area contributed by atoms with E-state index in [0.717, 1.165) is 81.0 Å². The van der Waals surface area contributed by atoms with Gasteiger partial charge >= 0.3 is 0 Å². The summed E-state index contributed by atoms with van der Waals surface area (Å²) in [6, 6.07) is 0. The lowest BCUT2D eigenvalue weighted by Gasteiger charge is -2.58. The molecule has 5 rings (SSSR count). The highest BCUT2D eigenvalue weighted by molar-refractivity contribution is 5.25. The first-order valence-corrected chi connectivity index (χ1v) is 27.6. The van der Waals surface area contributed by atoms with E-state index in [1.807, 2.05) is 0 Å². The highest BCUT2D eigenvalue weighted by atomic mass is 16.6. The topological polar surface area (TPSA) is 40.2 Å². The molecule has 1 saturated heterocycles. The Morgan fingerprint density at radius 1 is 0.714 bits per heavy atom. The van der Waals surface area contributed by atoms with Crippen molar-refractivity contribution in [2.24, 2.45) is 51.8 Å². The van der Waals surface area contributed by atoms with Gasteiger partial charge in [0.2, 0.25) is 0 Å². The number of allylic oxidation sites excluding steroid dienone is 5. The molecule has 5 aliphatic rings. The Kier molecular flexibility index (Phi) is 23.3. The summed E-state index contributed by atoms with van der Waals surface area (Å²) >= 11 is 0. The van der Waals surface area contributed by atoms with Crippen LogP contribution in [0.15, 0.2) is 36.0 Å². The Morgan fingerprint density at radius 3 is 2.21 bits per heavy atom. The fourth-order valence-electron chi connectivity index (χ4n) is 13.7. The summed E-state index contributed by atoms with van der Waals surface area (Å²) in [4.78, 5) is 2.58. The number of hydrogen-bond donors (Lipinski definition) is 0. The van der Waals surface area contributed by atoms with Crippen molar-refractivity contribution in [2.45, 2.75) is 222 Å². The van der Waals surface area contributed by atoms with E-state index in [1.165, 1.54) is 135 Å². The predicted octanol–water partition coefficient (Wildman–Crippen LogP) is 15.4. The molecule has 0 N–H and O–H groups in total. The highest BCUT2D eigenvalue weighted by Gasteiger charge is 2.59. The Bertz CT molecular complexity index is 1340. The molecule has 1 aliphatic heterocycles. The van der Waals surface area contributed by atoms with Crippen molar-refractivity contribution in [3.8, 4) is 0 Å². The van der Waals surface area contributed by atoms with Gasteiger partial charge in [-0.3, -0.25) is 0 Å². The van der Waals surface area contributed by atoms with E-state index in [9.17, 15) is 0 Å². The van der Waals surface area contributed by atoms with Crippen LogP contribution in [0.1, 0.15) is 209 Å². The van der Waals surface area contributed by atoms with Gasteiger partial charge in [0, 0.05) is 19.7 Å². The van der Waals surface area contributed by atoms with E-state index in [4.69, 9.17) is 18.9 Å². The SMILES string of the molecule is CCCCC/C=C\C/C=C\CCCCCCCCOCC(CN1CCC(C)(C)C1)OCCOCCO[C@H]1CC[C@@]2(C)C(=CC[C@@H]3[C@@H]2CC[C@]2(C)C([C@H](C)CCCC(C)C)CC[C@@H]32)C1. The van der Waals surface area contributed by atoms with Crippen LogP contribution in [0.2, 0.25) is 0 Å². The van der Waals surface area contributed by atoms with E-state index in [-0.39, 0.29) is 6.10 Å². The van der Waals surface area contributed by atoms with Gasteiger partial charge in [0.1, 0.15) is 0 Å². The Hall–Kier alpha value is -0.980. The molecule has 0 aromatic carbocycles. The minimum absolute atomic E-state index is 0.0967. The minimum Gasteiger partial charge on any atom is -0.379 e. The van der Waals surface area contributed by atoms with Crippen LogP contribution in [0.5, 0.6) is 0 Å². The molecule has 9 atom stereocenters. The smallest absolute Gasteiger partial charge is 0.0936 e. The second-order valence-corrected chi connectivity index (χ2v) is 23.4. The van der Waals surface area contributed by atoms with Crippen LogP contribution in [0.25, 0.3) is 0 Å². The molecule has 0 bridgehead atoms. The molecule has 0 radical (unpaired) electrons. The van der Waals surface area contributed by atoms with Crippen molar-refractivity contribution in [3.63, 3.8) is 0 Å². The maximum Gasteiger partial charge on any atom is 0.0936 e. The fourth-order valence-corrected chi connectivity index (χ4v) is 13.7. The number of fused-ring (bicyclic) bond motifs is 5. The predicted molar refractivity (Wildman–Crippen MR) is 268 cm³/mol. The van der Waals surface area contributed by atoms with Crippen LogP contribution in [0.4, 0.5) is 0 Å². The summed E-state index contributed by atoms with van der Waals surface area (Å²) in [6.07, 6.45) is 44.1. The zero-order chi connectivity index (χ0) is 45.0. The van der Waals surface area contributed by atoms with E-state index in [1.54, 1.807) is 5.57 Å². The van der Waals surface area contributed by atoms with Crippen LogP contribution >= 0.6 is 0 Å². The number of hydrogen-bond acceptors (Lipinski definition) is 5. The third-order valence-corrected chi connectivity index (χ3v) is 17.4. The van der Waals surface area contributed by atoms with Gasteiger partial charge in [0.25, 0.3) is 0 Å². The zero-order valence-corrected chi connectivity index (χ0v) is 42.9. The molecule has 364 valence electrons. The van der Waals surface area contributed by atoms with Gasteiger partial charge in [-0.25, -0.2) is 0 Å². The molecule has 5 nitrogen and oxygen atoms in total. The summed E-state index contributed by atoms with van der Waals surface area (Å²) in [7, 11) is 0. The van der Waals surface area contributed by atoms with Gasteiger partial charge in [-0.15, -0.1) is 0 Å². The van der Waals surface area contributed by atoms with E-state index in [2.05, 4.69) is 90.7 Å². The summed E-state index contributed by atoms with van der Waals surface area (Å²) in [5.74, 6) is 5.36. The number of ether oxygens (including phenoxy) is 4. The Labute approximate surface area is 391 Å². The van der Waals surface area contributed by atoms with Crippen molar-refractivity contribution in [1.82, 2.24) is 4.90 Å². The molecule has 63 heavy (non-hydrogen) atoms. The van der Waals surface area contributed by atoms with Gasteiger partial charge in [0.05, 0.1) is 45.2 Å². The molecule has 0 spiro atoms. The summed E-state index contributed by atoms with van der Waals surface area (Å²) in [5.41, 5.74) is 3.07. The molecule has 5 heteroatoms. The summed E-state index contributed by atoms with van der Waals surface area (Å²) in [6.45, 7) is 27.1. The quantitative estimate of drug-likeness (QED) is 0.0497. The van der Waals surface area contributed by atoms with E-state index >= 15 is 0 Å². The second-order valence-electron chi connectivity index (χ2n) is 23.4. The van der Waals surface area contributed by atoms with Crippen molar-refractivity contribution in [3.05, 3.63) is 36.0 Å². The average molecular weight is 878 g/mol. The van der Waals surface area contributed by atoms with Gasteiger partial charge in [-0.2, -0.15) is 0 Å². The number of nitrogens with zero attached hydrogens (tertiary/aromatic N) is 1. The van der Waals surface area contributed by atoms with Gasteiger partial charge < -0.3 is 23.8 Å². The van der Waals surface area contributed by atoms with Crippen LogP contribution in [-0.2, 0) is 18.9 Å². The molecular weight excluding hydrogens is 775 g/mol. The van der Waals surface area contributed by atoms with Crippen molar-refractivity contribution in [2.75, 3.05) is 59.3 Å². The lowest BCUT2D eigenvalue weighted by molar-refractivity contribution is -0.0732. The maximum atomic E-state index is 6.53.